The summed E-state index contributed by atoms with van der Waals surface area (Å²) in [6, 6.07) is 9.11. The van der Waals surface area contributed by atoms with Crippen molar-refractivity contribution in [1.82, 2.24) is 14.8 Å². The highest BCUT2D eigenvalue weighted by molar-refractivity contribution is 6.32. The SMILES string of the molecule is CN(C(=O)c1cnn(-c2ccccc2Cl)c1C(F)(F)F)c1cccnc1. The van der Waals surface area contributed by atoms with E-state index in [1.54, 1.807) is 18.2 Å². The maximum absolute atomic E-state index is 13.7. The molecule has 0 unspecified atom stereocenters. The van der Waals surface area contributed by atoms with Crippen LogP contribution < -0.4 is 4.90 Å². The third-order valence-corrected chi connectivity index (χ3v) is 4.01. The fourth-order valence-corrected chi connectivity index (χ4v) is 2.65. The van der Waals surface area contributed by atoms with Crippen LogP contribution >= 0.6 is 11.6 Å². The van der Waals surface area contributed by atoms with Crippen molar-refractivity contribution in [2.24, 2.45) is 0 Å². The molecule has 1 aromatic carbocycles. The van der Waals surface area contributed by atoms with Crippen LogP contribution in [0.5, 0.6) is 0 Å². The Morgan fingerprint density at radius 3 is 2.50 bits per heavy atom. The van der Waals surface area contributed by atoms with Gasteiger partial charge in [-0.25, -0.2) is 4.68 Å². The van der Waals surface area contributed by atoms with Gasteiger partial charge in [0.25, 0.3) is 5.91 Å². The summed E-state index contributed by atoms with van der Waals surface area (Å²) >= 11 is 6.00. The third-order valence-electron chi connectivity index (χ3n) is 3.69. The summed E-state index contributed by atoms with van der Waals surface area (Å²) in [5.41, 5.74) is -1.38. The van der Waals surface area contributed by atoms with E-state index < -0.39 is 23.3 Å². The van der Waals surface area contributed by atoms with Crippen molar-refractivity contribution >= 4 is 23.2 Å². The number of alkyl halides is 3. The molecule has 0 spiro atoms. The van der Waals surface area contributed by atoms with Gasteiger partial charge in [0.1, 0.15) is 0 Å². The topological polar surface area (TPSA) is 51.0 Å². The largest absolute Gasteiger partial charge is 0.434 e. The van der Waals surface area contributed by atoms with Gasteiger partial charge in [-0.2, -0.15) is 18.3 Å². The fourth-order valence-electron chi connectivity index (χ4n) is 2.43. The first-order valence-corrected chi connectivity index (χ1v) is 7.76. The number of carbonyl (C=O) groups excluding carboxylic acids is 1. The quantitative estimate of drug-likeness (QED) is 0.683. The number of benzene rings is 1. The van der Waals surface area contributed by atoms with Crippen molar-refractivity contribution in [1.29, 1.82) is 0 Å². The van der Waals surface area contributed by atoms with Crippen molar-refractivity contribution in [3.63, 3.8) is 0 Å². The van der Waals surface area contributed by atoms with Crippen LogP contribution in [0.2, 0.25) is 5.02 Å². The number of hydrogen-bond acceptors (Lipinski definition) is 3. The second-order valence-electron chi connectivity index (χ2n) is 5.34. The Bertz CT molecular complexity index is 941. The number of para-hydroxylation sites is 1. The lowest BCUT2D eigenvalue weighted by molar-refractivity contribution is -0.143. The Kier molecular flexibility index (Phi) is 4.69. The summed E-state index contributed by atoms with van der Waals surface area (Å²) in [6.45, 7) is 0. The zero-order valence-electron chi connectivity index (χ0n) is 13.4. The maximum atomic E-state index is 13.7. The first-order chi connectivity index (χ1) is 12.3. The maximum Gasteiger partial charge on any atom is 0.434 e. The highest BCUT2D eigenvalue weighted by Gasteiger charge is 2.41. The summed E-state index contributed by atoms with van der Waals surface area (Å²) < 4.78 is 41.7. The van der Waals surface area contributed by atoms with Gasteiger partial charge in [0.15, 0.2) is 5.69 Å². The molecule has 26 heavy (non-hydrogen) atoms. The number of anilines is 1. The Hall–Kier alpha value is -2.87. The zero-order chi connectivity index (χ0) is 18.9. The van der Waals surface area contributed by atoms with Crippen molar-refractivity contribution in [2.45, 2.75) is 6.18 Å². The molecule has 2 heterocycles. The van der Waals surface area contributed by atoms with E-state index >= 15 is 0 Å². The Labute approximate surface area is 151 Å². The lowest BCUT2D eigenvalue weighted by atomic mass is 10.2. The number of carbonyl (C=O) groups is 1. The minimum absolute atomic E-state index is 0.0320. The highest BCUT2D eigenvalue weighted by atomic mass is 35.5. The van der Waals surface area contributed by atoms with Gasteiger partial charge in [-0.1, -0.05) is 23.7 Å². The minimum Gasteiger partial charge on any atom is -0.310 e. The lowest BCUT2D eigenvalue weighted by Crippen LogP contribution is -2.29. The Morgan fingerprint density at radius 2 is 1.88 bits per heavy atom. The Balaban J connectivity index is 2.12. The van der Waals surface area contributed by atoms with Crippen molar-refractivity contribution in [3.05, 3.63) is 71.3 Å². The molecule has 0 bridgehead atoms. The van der Waals surface area contributed by atoms with Crippen LogP contribution in [0.25, 0.3) is 5.69 Å². The van der Waals surface area contributed by atoms with Crippen molar-refractivity contribution in [2.75, 3.05) is 11.9 Å². The van der Waals surface area contributed by atoms with Crippen LogP contribution in [0.1, 0.15) is 16.1 Å². The van der Waals surface area contributed by atoms with Gasteiger partial charge in [-0.05, 0) is 24.3 Å². The van der Waals surface area contributed by atoms with Crippen LogP contribution in [-0.2, 0) is 6.18 Å². The standard InChI is InChI=1S/C17H12ClF3N4O/c1-24(11-5-4-8-22-9-11)16(26)12-10-23-25(15(12)17(19,20)21)14-7-3-2-6-13(14)18/h2-10H,1H3. The van der Waals surface area contributed by atoms with Gasteiger partial charge < -0.3 is 4.90 Å². The molecule has 3 aromatic rings. The van der Waals surface area contributed by atoms with Crippen LogP contribution in [0.4, 0.5) is 18.9 Å². The van der Waals surface area contributed by atoms with Gasteiger partial charge in [-0.3, -0.25) is 9.78 Å². The molecule has 1 amide bonds. The summed E-state index contributed by atoms with van der Waals surface area (Å²) in [4.78, 5) is 17.6. The van der Waals surface area contributed by atoms with Crippen LogP contribution in [0.3, 0.4) is 0 Å². The summed E-state index contributed by atoms with van der Waals surface area (Å²) in [7, 11) is 1.37. The molecule has 0 aliphatic carbocycles. The molecule has 0 aliphatic heterocycles. The average molecular weight is 381 g/mol. The molecular weight excluding hydrogens is 369 g/mol. The van der Waals surface area contributed by atoms with Gasteiger partial charge in [-0.15, -0.1) is 0 Å². The van der Waals surface area contributed by atoms with Crippen molar-refractivity contribution in [3.8, 4) is 5.69 Å². The van der Waals surface area contributed by atoms with Gasteiger partial charge in [0.2, 0.25) is 0 Å². The third kappa shape index (κ3) is 3.28. The summed E-state index contributed by atoms with van der Waals surface area (Å²) in [5, 5.41) is 3.84. The molecule has 2 aromatic heterocycles. The number of amides is 1. The first kappa shape index (κ1) is 17.9. The number of halogens is 4. The molecule has 0 fully saturated rings. The van der Waals surface area contributed by atoms with E-state index in [9.17, 15) is 18.0 Å². The average Bonchev–Trinajstić information content (AvgIpc) is 3.07. The van der Waals surface area contributed by atoms with Crippen LogP contribution in [0, 0.1) is 0 Å². The first-order valence-electron chi connectivity index (χ1n) is 7.39. The predicted molar refractivity (Wildman–Crippen MR) is 90.5 cm³/mol. The van der Waals surface area contributed by atoms with Crippen molar-refractivity contribution < 1.29 is 18.0 Å². The molecule has 0 N–H and O–H groups in total. The number of nitrogens with zero attached hydrogens (tertiary/aromatic N) is 4. The minimum atomic E-state index is -4.81. The van der Waals surface area contributed by atoms with E-state index in [2.05, 4.69) is 10.1 Å². The molecule has 0 aliphatic rings. The number of aromatic nitrogens is 3. The molecule has 0 saturated heterocycles. The summed E-state index contributed by atoms with van der Waals surface area (Å²) in [5.74, 6) is -0.858. The number of rotatable bonds is 3. The molecule has 134 valence electrons. The normalized spacial score (nSPS) is 11.4. The second-order valence-corrected chi connectivity index (χ2v) is 5.75. The molecular formula is C17H12ClF3N4O. The van der Waals surface area contributed by atoms with Gasteiger partial charge >= 0.3 is 6.18 Å². The molecule has 9 heteroatoms. The lowest BCUT2D eigenvalue weighted by Gasteiger charge is -2.18. The van der Waals surface area contributed by atoms with E-state index in [1.165, 1.54) is 37.6 Å². The summed E-state index contributed by atoms with van der Waals surface area (Å²) in [6.07, 6.45) is -1.04. The smallest absolute Gasteiger partial charge is 0.310 e. The van der Waals surface area contributed by atoms with E-state index in [-0.39, 0.29) is 10.7 Å². The van der Waals surface area contributed by atoms with E-state index in [4.69, 9.17) is 11.6 Å². The van der Waals surface area contributed by atoms with E-state index in [0.29, 0.717) is 10.4 Å². The fraction of sp³-hybridized carbons (Fsp3) is 0.118. The zero-order valence-corrected chi connectivity index (χ0v) is 14.2. The number of pyridine rings is 1. The Morgan fingerprint density at radius 1 is 1.15 bits per heavy atom. The van der Waals surface area contributed by atoms with E-state index in [0.717, 1.165) is 11.1 Å². The molecule has 3 rings (SSSR count). The highest BCUT2D eigenvalue weighted by Crippen LogP contribution is 2.35. The monoisotopic (exact) mass is 380 g/mol. The molecule has 0 atom stereocenters. The van der Waals surface area contributed by atoms with E-state index in [1.807, 2.05) is 0 Å². The van der Waals surface area contributed by atoms with Crippen LogP contribution in [-0.4, -0.2) is 27.7 Å². The number of hydrogen-bond donors (Lipinski definition) is 0. The second kappa shape index (κ2) is 6.80. The molecule has 0 saturated carbocycles. The van der Waals surface area contributed by atoms with Crippen LogP contribution in [0.15, 0.2) is 55.0 Å². The predicted octanol–water partition coefficient (Wildman–Crippen LogP) is 4.22. The molecule has 0 radical (unpaired) electrons. The van der Waals surface area contributed by atoms with Gasteiger partial charge in [0.05, 0.1) is 34.4 Å². The van der Waals surface area contributed by atoms with Gasteiger partial charge in [0, 0.05) is 13.2 Å². The molecule has 5 nitrogen and oxygen atoms in total.